The van der Waals surface area contributed by atoms with Gasteiger partial charge >= 0.3 is 0 Å². The van der Waals surface area contributed by atoms with Gasteiger partial charge in [0.2, 0.25) is 0 Å². The Labute approximate surface area is 163 Å². The molecule has 1 N–H and O–H groups in total. The highest BCUT2D eigenvalue weighted by Crippen LogP contribution is 2.29. The fourth-order valence-electron chi connectivity index (χ4n) is 2.88. The van der Waals surface area contributed by atoms with Crippen molar-refractivity contribution in [1.29, 1.82) is 0 Å². The third-order valence-electron chi connectivity index (χ3n) is 4.44. The first-order valence-electron chi connectivity index (χ1n) is 9.03. The molecule has 0 bridgehead atoms. The predicted molar refractivity (Wildman–Crippen MR) is 108 cm³/mol. The molecule has 0 fully saturated rings. The Kier molecular flexibility index (Phi) is 6.16. The molecule has 1 aromatic heterocycles. The highest BCUT2D eigenvalue weighted by Gasteiger charge is 2.12. The maximum Gasteiger partial charge on any atom is 0.258 e. The van der Waals surface area contributed by atoms with Gasteiger partial charge in [0.25, 0.3) is 5.56 Å². The smallest absolute Gasteiger partial charge is 0.258 e. The van der Waals surface area contributed by atoms with Crippen LogP contribution >= 0.6 is 0 Å². The van der Waals surface area contributed by atoms with Crippen LogP contribution < -0.4 is 19.8 Å². The summed E-state index contributed by atoms with van der Waals surface area (Å²) < 4.78 is 16.3. The van der Waals surface area contributed by atoms with E-state index in [1.807, 2.05) is 43.1 Å². The first kappa shape index (κ1) is 19.7. The molecule has 0 aliphatic heterocycles. The van der Waals surface area contributed by atoms with Crippen molar-refractivity contribution in [3.8, 4) is 17.2 Å². The number of H-pyrrole nitrogens is 1. The van der Waals surface area contributed by atoms with Gasteiger partial charge in [0, 0.05) is 12.6 Å². The van der Waals surface area contributed by atoms with Crippen LogP contribution in [-0.4, -0.2) is 49.3 Å². The lowest BCUT2D eigenvalue weighted by Gasteiger charge is -2.17. The molecule has 2 aromatic carbocycles. The van der Waals surface area contributed by atoms with Crippen LogP contribution in [0.5, 0.6) is 17.2 Å². The summed E-state index contributed by atoms with van der Waals surface area (Å²) in [6.07, 6.45) is 0. The topological polar surface area (TPSA) is 76.7 Å². The molecule has 0 spiro atoms. The van der Waals surface area contributed by atoms with Crippen molar-refractivity contribution >= 4 is 10.9 Å². The Morgan fingerprint density at radius 1 is 1.07 bits per heavy atom. The number of aryl methyl sites for hydroxylation is 1. The molecule has 3 aromatic rings. The van der Waals surface area contributed by atoms with Crippen LogP contribution in [0.4, 0.5) is 0 Å². The van der Waals surface area contributed by atoms with Gasteiger partial charge in [-0.25, -0.2) is 4.98 Å². The summed E-state index contributed by atoms with van der Waals surface area (Å²) in [4.78, 5) is 21.9. The Bertz CT molecular complexity index is 999. The third kappa shape index (κ3) is 4.61. The van der Waals surface area contributed by atoms with Gasteiger partial charge in [-0.3, -0.25) is 9.69 Å². The van der Waals surface area contributed by atoms with E-state index in [1.54, 1.807) is 19.2 Å². The molecule has 148 valence electrons. The highest BCUT2D eigenvalue weighted by atomic mass is 16.5. The van der Waals surface area contributed by atoms with E-state index in [0.717, 1.165) is 5.75 Å². The third-order valence-corrected chi connectivity index (χ3v) is 4.44. The van der Waals surface area contributed by atoms with Gasteiger partial charge in [0.05, 0.1) is 31.7 Å². The highest BCUT2D eigenvalue weighted by molar-refractivity contribution is 5.81. The number of methoxy groups -OCH3 is 2. The van der Waals surface area contributed by atoms with Gasteiger partial charge in [0.1, 0.15) is 18.2 Å². The molecular weight excluding hydrogens is 358 g/mol. The van der Waals surface area contributed by atoms with Gasteiger partial charge in [-0.1, -0.05) is 17.7 Å². The van der Waals surface area contributed by atoms with Crippen molar-refractivity contribution in [3.05, 3.63) is 58.1 Å². The maximum atomic E-state index is 12.4. The number of rotatable bonds is 8. The molecule has 3 rings (SSSR count). The van der Waals surface area contributed by atoms with E-state index >= 15 is 0 Å². The lowest BCUT2D eigenvalue weighted by molar-refractivity contribution is 0.230. The number of ether oxygens (including phenoxy) is 3. The molecule has 7 heteroatoms. The fourth-order valence-corrected chi connectivity index (χ4v) is 2.88. The van der Waals surface area contributed by atoms with E-state index in [-0.39, 0.29) is 5.56 Å². The predicted octanol–water partition coefficient (Wildman–Crippen LogP) is 2.76. The molecule has 0 aliphatic carbocycles. The number of hydrogen-bond acceptors (Lipinski definition) is 6. The van der Waals surface area contributed by atoms with Crippen molar-refractivity contribution in [2.75, 3.05) is 34.4 Å². The minimum atomic E-state index is -0.203. The molecule has 28 heavy (non-hydrogen) atoms. The molecular formula is C21H25N3O4. The molecule has 0 saturated heterocycles. The lowest BCUT2D eigenvalue weighted by atomic mass is 10.2. The quantitative estimate of drug-likeness (QED) is 0.645. The zero-order valence-electron chi connectivity index (χ0n) is 16.6. The number of benzene rings is 2. The van der Waals surface area contributed by atoms with E-state index in [2.05, 4.69) is 9.97 Å². The van der Waals surface area contributed by atoms with Crippen molar-refractivity contribution < 1.29 is 14.2 Å². The molecule has 0 aliphatic rings. The van der Waals surface area contributed by atoms with Crippen LogP contribution in [0, 0.1) is 6.92 Å². The Morgan fingerprint density at radius 2 is 1.75 bits per heavy atom. The number of aromatic amines is 1. The second-order valence-electron chi connectivity index (χ2n) is 6.64. The number of nitrogens with zero attached hydrogens (tertiary/aromatic N) is 2. The fraction of sp³-hybridized carbons (Fsp3) is 0.333. The van der Waals surface area contributed by atoms with Crippen molar-refractivity contribution in [2.24, 2.45) is 0 Å². The molecule has 0 unspecified atom stereocenters. The molecule has 7 nitrogen and oxygen atoms in total. The SMILES string of the molecule is COc1cc2nc(CN(C)CCOc3ccc(C)cc3)[nH]c(=O)c2cc1OC. The van der Waals surface area contributed by atoms with Crippen molar-refractivity contribution in [1.82, 2.24) is 14.9 Å². The second kappa shape index (κ2) is 8.75. The molecule has 0 atom stereocenters. The Balaban J connectivity index is 1.67. The second-order valence-corrected chi connectivity index (χ2v) is 6.64. The summed E-state index contributed by atoms with van der Waals surface area (Å²) in [6.45, 7) is 3.78. The van der Waals surface area contributed by atoms with E-state index < -0.39 is 0 Å². The summed E-state index contributed by atoms with van der Waals surface area (Å²) in [7, 11) is 5.05. The Morgan fingerprint density at radius 3 is 2.43 bits per heavy atom. The van der Waals surface area contributed by atoms with E-state index in [9.17, 15) is 4.79 Å². The zero-order chi connectivity index (χ0) is 20.1. The Hall–Kier alpha value is -3.06. The zero-order valence-corrected chi connectivity index (χ0v) is 16.6. The lowest BCUT2D eigenvalue weighted by Crippen LogP contribution is -2.26. The van der Waals surface area contributed by atoms with Crippen LogP contribution in [0.3, 0.4) is 0 Å². The number of likely N-dealkylation sites (N-methyl/N-ethyl adjacent to an activating group) is 1. The van der Waals surface area contributed by atoms with Gasteiger partial charge < -0.3 is 19.2 Å². The van der Waals surface area contributed by atoms with E-state index in [4.69, 9.17) is 14.2 Å². The monoisotopic (exact) mass is 383 g/mol. The summed E-state index contributed by atoms with van der Waals surface area (Å²) >= 11 is 0. The molecule has 0 saturated carbocycles. The summed E-state index contributed by atoms with van der Waals surface area (Å²) in [5, 5.41) is 0.465. The number of fused-ring (bicyclic) bond motifs is 1. The van der Waals surface area contributed by atoms with Crippen molar-refractivity contribution in [2.45, 2.75) is 13.5 Å². The summed E-state index contributed by atoms with van der Waals surface area (Å²) in [6, 6.07) is 11.3. The van der Waals surface area contributed by atoms with Crippen molar-refractivity contribution in [3.63, 3.8) is 0 Å². The summed E-state index contributed by atoms with van der Waals surface area (Å²) in [5.74, 6) is 2.47. The minimum Gasteiger partial charge on any atom is -0.493 e. The summed E-state index contributed by atoms with van der Waals surface area (Å²) in [5.41, 5.74) is 1.57. The van der Waals surface area contributed by atoms with Gasteiger partial charge in [-0.2, -0.15) is 0 Å². The van der Waals surface area contributed by atoms with Crippen LogP contribution in [0.1, 0.15) is 11.4 Å². The first-order valence-corrected chi connectivity index (χ1v) is 9.03. The van der Waals surface area contributed by atoms with Crippen LogP contribution in [-0.2, 0) is 6.54 Å². The average Bonchev–Trinajstić information content (AvgIpc) is 2.68. The minimum absolute atomic E-state index is 0.203. The molecule has 1 heterocycles. The van der Waals surface area contributed by atoms with Crippen LogP contribution in [0.25, 0.3) is 10.9 Å². The molecule has 0 radical (unpaired) electrons. The van der Waals surface area contributed by atoms with Gasteiger partial charge in [-0.15, -0.1) is 0 Å². The largest absolute Gasteiger partial charge is 0.493 e. The normalized spacial score (nSPS) is 11.0. The van der Waals surface area contributed by atoms with E-state index in [0.29, 0.717) is 47.9 Å². The van der Waals surface area contributed by atoms with Crippen LogP contribution in [0.15, 0.2) is 41.2 Å². The number of nitrogens with one attached hydrogen (secondary N) is 1. The maximum absolute atomic E-state index is 12.4. The standard InChI is InChI=1S/C21H25N3O4/c1-14-5-7-15(8-6-14)28-10-9-24(2)13-20-22-17-12-19(27-4)18(26-3)11-16(17)21(25)23-20/h5-8,11-12H,9-10,13H2,1-4H3,(H,22,23,25). The number of hydrogen-bond donors (Lipinski definition) is 1. The van der Waals surface area contributed by atoms with Gasteiger partial charge in [0.15, 0.2) is 11.5 Å². The molecule has 0 amide bonds. The number of aromatic nitrogens is 2. The van der Waals surface area contributed by atoms with Crippen LogP contribution in [0.2, 0.25) is 0 Å². The van der Waals surface area contributed by atoms with Gasteiger partial charge in [-0.05, 0) is 32.2 Å². The average molecular weight is 383 g/mol. The first-order chi connectivity index (χ1) is 13.5. The van der Waals surface area contributed by atoms with E-state index in [1.165, 1.54) is 12.7 Å².